The zero-order chi connectivity index (χ0) is 19.4. The molecule has 0 saturated carbocycles. The van der Waals surface area contributed by atoms with Crippen molar-refractivity contribution in [3.05, 3.63) is 39.7 Å². The van der Waals surface area contributed by atoms with Crippen molar-refractivity contribution >= 4 is 27.8 Å². The Morgan fingerprint density at radius 1 is 1.31 bits per heavy atom. The second kappa shape index (κ2) is 5.82. The number of rotatable bonds is 2. The highest BCUT2D eigenvalue weighted by molar-refractivity contribution is 6.05. The number of carbonyl (C=O) groups is 1. The van der Waals surface area contributed by atoms with E-state index < -0.39 is 29.2 Å². The summed E-state index contributed by atoms with van der Waals surface area (Å²) in [7, 11) is 2.39. The van der Waals surface area contributed by atoms with Crippen molar-refractivity contribution in [2.75, 3.05) is 7.05 Å². The summed E-state index contributed by atoms with van der Waals surface area (Å²) in [5.41, 5.74) is -1.60. The van der Waals surface area contributed by atoms with Crippen molar-refractivity contribution in [1.82, 2.24) is 19.4 Å². The lowest BCUT2D eigenvalue weighted by Gasteiger charge is -2.12. The lowest BCUT2D eigenvalue weighted by Crippen LogP contribution is -2.27. The molecule has 10 heteroatoms. The number of carbonyl (C=O) groups excluding carboxylic acids is 1. The van der Waals surface area contributed by atoms with Crippen LogP contribution in [0.15, 0.2) is 17.1 Å². The minimum atomic E-state index is -4.79. The van der Waals surface area contributed by atoms with Crippen LogP contribution in [0.25, 0.3) is 21.9 Å². The number of fused-ring (bicyclic) bond motifs is 3. The molecule has 1 N–H and O–H groups in total. The summed E-state index contributed by atoms with van der Waals surface area (Å²) in [6.07, 6.45) is -3.55. The van der Waals surface area contributed by atoms with Gasteiger partial charge in [0.2, 0.25) is 11.3 Å². The van der Waals surface area contributed by atoms with Gasteiger partial charge in [-0.3, -0.25) is 9.59 Å². The van der Waals surface area contributed by atoms with Crippen molar-refractivity contribution < 1.29 is 22.4 Å². The predicted molar refractivity (Wildman–Crippen MR) is 86.5 cm³/mol. The number of hydrogen-bond acceptors (Lipinski definition) is 3. The number of alkyl halides is 3. The highest BCUT2D eigenvalue weighted by atomic mass is 19.4. The Balaban J connectivity index is 2.57. The molecule has 0 spiro atoms. The van der Waals surface area contributed by atoms with Crippen LogP contribution < -0.4 is 10.7 Å². The van der Waals surface area contributed by atoms with Crippen LogP contribution in [-0.4, -0.2) is 27.1 Å². The second-order valence-electron chi connectivity index (χ2n) is 5.68. The van der Waals surface area contributed by atoms with Crippen LogP contribution in [0.4, 0.5) is 17.6 Å². The maximum atomic E-state index is 14.5. The standard InChI is InChI=1S/C16H14F4N4O2/c1-4-24-6-8(14(26)21-2)13(25)7-5-9(17)12-10(11(7)24)22-15(23(12)3)16(18,19)20/h5-6H,4H2,1-3H3,(H,21,26). The minimum absolute atomic E-state index is 0.0488. The molecule has 138 valence electrons. The quantitative estimate of drug-likeness (QED) is 0.705. The molecular weight excluding hydrogens is 356 g/mol. The Hall–Kier alpha value is -2.91. The Labute approximate surface area is 144 Å². The number of amides is 1. The Kier molecular flexibility index (Phi) is 4.01. The van der Waals surface area contributed by atoms with Crippen LogP contribution in [0.5, 0.6) is 0 Å². The van der Waals surface area contributed by atoms with E-state index in [1.807, 2.05) is 0 Å². The number of halogens is 4. The Morgan fingerprint density at radius 2 is 1.96 bits per heavy atom. The van der Waals surface area contributed by atoms with E-state index in [1.54, 1.807) is 6.92 Å². The summed E-state index contributed by atoms with van der Waals surface area (Å²) in [5, 5.41) is 2.10. The number of imidazole rings is 1. The number of nitrogens with one attached hydrogen (secondary N) is 1. The van der Waals surface area contributed by atoms with Crippen LogP contribution in [-0.2, 0) is 19.8 Å². The molecule has 0 aliphatic carbocycles. The van der Waals surface area contributed by atoms with E-state index in [1.165, 1.54) is 17.8 Å². The molecule has 0 atom stereocenters. The molecule has 0 saturated heterocycles. The Bertz CT molecular complexity index is 1110. The van der Waals surface area contributed by atoms with Crippen LogP contribution in [0, 0.1) is 5.82 Å². The first-order chi connectivity index (χ1) is 12.1. The largest absolute Gasteiger partial charge is 0.449 e. The molecule has 0 unspecified atom stereocenters. The van der Waals surface area contributed by atoms with Crippen LogP contribution >= 0.6 is 0 Å². The van der Waals surface area contributed by atoms with E-state index in [2.05, 4.69) is 10.3 Å². The number of nitrogens with zero attached hydrogens (tertiary/aromatic N) is 3. The number of aromatic nitrogens is 3. The van der Waals surface area contributed by atoms with Gasteiger partial charge >= 0.3 is 6.18 Å². The molecule has 2 heterocycles. The molecule has 1 amide bonds. The van der Waals surface area contributed by atoms with Crippen molar-refractivity contribution in [3.8, 4) is 0 Å². The number of hydrogen-bond donors (Lipinski definition) is 1. The fraction of sp³-hybridized carbons (Fsp3) is 0.312. The van der Waals surface area contributed by atoms with Crippen LogP contribution in [0.3, 0.4) is 0 Å². The molecule has 0 aliphatic rings. The lowest BCUT2D eigenvalue weighted by atomic mass is 10.1. The number of pyridine rings is 1. The fourth-order valence-electron chi connectivity index (χ4n) is 3.02. The summed E-state index contributed by atoms with van der Waals surface area (Å²) < 4.78 is 56.1. The Morgan fingerprint density at radius 3 is 2.50 bits per heavy atom. The van der Waals surface area contributed by atoms with Crippen LogP contribution in [0.2, 0.25) is 0 Å². The van der Waals surface area contributed by atoms with Gasteiger partial charge in [0.25, 0.3) is 5.91 Å². The molecule has 6 nitrogen and oxygen atoms in total. The minimum Gasteiger partial charge on any atom is -0.355 e. The van der Waals surface area contributed by atoms with E-state index in [9.17, 15) is 27.2 Å². The van der Waals surface area contributed by atoms with Gasteiger partial charge in [-0.2, -0.15) is 13.2 Å². The molecule has 3 aromatic rings. The second-order valence-corrected chi connectivity index (χ2v) is 5.68. The first-order valence-electron chi connectivity index (χ1n) is 7.63. The summed E-state index contributed by atoms with van der Waals surface area (Å²) >= 11 is 0. The van der Waals surface area contributed by atoms with E-state index in [0.29, 0.717) is 4.57 Å². The van der Waals surface area contributed by atoms with E-state index in [-0.39, 0.29) is 34.0 Å². The van der Waals surface area contributed by atoms with Gasteiger partial charge < -0.3 is 14.5 Å². The average Bonchev–Trinajstić information content (AvgIpc) is 2.93. The van der Waals surface area contributed by atoms with E-state index >= 15 is 0 Å². The normalized spacial score (nSPS) is 12.1. The number of aryl methyl sites for hydroxylation is 2. The fourth-order valence-corrected chi connectivity index (χ4v) is 3.02. The third-order valence-electron chi connectivity index (χ3n) is 4.20. The van der Waals surface area contributed by atoms with Gasteiger partial charge in [0.15, 0.2) is 0 Å². The molecule has 3 rings (SSSR count). The van der Waals surface area contributed by atoms with Gasteiger partial charge in [-0.1, -0.05) is 0 Å². The smallest absolute Gasteiger partial charge is 0.355 e. The highest BCUT2D eigenvalue weighted by Gasteiger charge is 2.38. The van der Waals surface area contributed by atoms with Gasteiger partial charge in [-0.05, 0) is 13.0 Å². The van der Waals surface area contributed by atoms with Gasteiger partial charge in [-0.25, -0.2) is 9.37 Å². The van der Waals surface area contributed by atoms with Crippen molar-refractivity contribution in [1.29, 1.82) is 0 Å². The molecule has 0 bridgehead atoms. The average molecular weight is 370 g/mol. The zero-order valence-corrected chi connectivity index (χ0v) is 14.0. The number of benzene rings is 1. The van der Waals surface area contributed by atoms with Gasteiger partial charge in [0.1, 0.15) is 22.4 Å². The molecule has 2 aromatic heterocycles. The summed E-state index contributed by atoms with van der Waals surface area (Å²) in [6.45, 7) is 1.92. The third kappa shape index (κ3) is 2.44. The SMILES string of the molecule is CCn1cc(C(=O)NC)c(=O)c2cc(F)c3c(nc(C(F)(F)F)n3C)c21. The van der Waals surface area contributed by atoms with Crippen LogP contribution in [0.1, 0.15) is 23.1 Å². The summed E-state index contributed by atoms with van der Waals surface area (Å²) in [6, 6.07) is 0.848. The third-order valence-corrected chi connectivity index (χ3v) is 4.20. The van der Waals surface area contributed by atoms with Gasteiger partial charge in [0, 0.05) is 26.8 Å². The monoisotopic (exact) mass is 370 g/mol. The predicted octanol–water partition coefficient (Wildman–Crippen LogP) is 2.43. The van der Waals surface area contributed by atoms with Crippen molar-refractivity contribution in [2.24, 2.45) is 7.05 Å². The molecule has 26 heavy (non-hydrogen) atoms. The molecule has 1 aromatic carbocycles. The highest BCUT2D eigenvalue weighted by Crippen LogP contribution is 2.34. The maximum Gasteiger partial charge on any atom is 0.449 e. The van der Waals surface area contributed by atoms with Crippen molar-refractivity contribution in [3.63, 3.8) is 0 Å². The molecule has 0 aliphatic heterocycles. The lowest BCUT2D eigenvalue weighted by molar-refractivity contribution is -0.146. The van der Waals surface area contributed by atoms with E-state index in [4.69, 9.17) is 0 Å². The van der Waals surface area contributed by atoms with Gasteiger partial charge in [0.05, 0.1) is 10.9 Å². The summed E-state index contributed by atoms with van der Waals surface area (Å²) in [4.78, 5) is 28.0. The molecule has 0 radical (unpaired) electrons. The molecule has 0 fully saturated rings. The topological polar surface area (TPSA) is 68.9 Å². The molecular formula is C16H14F4N4O2. The zero-order valence-electron chi connectivity index (χ0n) is 14.0. The summed E-state index contributed by atoms with van der Waals surface area (Å²) in [5.74, 6) is -2.97. The first kappa shape index (κ1) is 17.9. The maximum absolute atomic E-state index is 14.5. The van der Waals surface area contributed by atoms with Crippen molar-refractivity contribution in [2.45, 2.75) is 19.6 Å². The van der Waals surface area contributed by atoms with E-state index in [0.717, 1.165) is 13.1 Å². The van der Waals surface area contributed by atoms with Gasteiger partial charge in [-0.15, -0.1) is 0 Å². The first-order valence-corrected chi connectivity index (χ1v) is 7.63.